The minimum absolute atomic E-state index is 0. The Balaban J connectivity index is 0.000000399. The average Bonchev–Trinajstić information content (AvgIpc) is 4.15. The number of Topliss-reactive ketones (excluding diaryl/α,β-unsaturated/α-hetero) is 1. The van der Waals surface area contributed by atoms with Crippen molar-refractivity contribution in [2.45, 2.75) is 110 Å². The van der Waals surface area contributed by atoms with Crippen molar-refractivity contribution >= 4 is 34.7 Å². The first-order valence-corrected chi connectivity index (χ1v) is 26.1. The molecule has 2 aliphatic heterocycles. The van der Waals surface area contributed by atoms with E-state index in [0.717, 1.165) is 98.6 Å². The van der Waals surface area contributed by atoms with E-state index >= 15 is 4.39 Å². The van der Waals surface area contributed by atoms with Crippen LogP contribution in [0.3, 0.4) is 0 Å². The SMILES string of the molecule is CCCN(CCC)CC1CCN(C(=O)c2cc(C)c(C3=CCN(C(C)c4cc5c(-n6cc(F)ccc6=O)ccnc5n4C)CC3)c(F)c2)CC1.CNC.[CH2-]C(=O)C1(c2[c-]ccc(C)c2)CC1.[CH2-]CC(C)ON[C-]=O.[Na+]. The number of nitrogens with one attached hydrogen (secondary N) is 2. The summed E-state index contributed by atoms with van der Waals surface area (Å²) in [5.74, 6) is -0.279. The first-order valence-electron chi connectivity index (χ1n) is 26.1. The van der Waals surface area contributed by atoms with Crippen LogP contribution in [-0.2, 0) is 26.9 Å². The van der Waals surface area contributed by atoms with Crippen LogP contribution < -0.4 is 45.9 Å². The third-order valence-corrected chi connectivity index (χ3v) is 14.1. The van der Waals surface area contributed by atoms with Gasteiger partial charge in [0.1, 0.15) is 17.3 Å². The van der Waals surface area contributed by atoms with E-state index in [1.165, 1.54) is 34.9 Å². The van der Waals surface area contributed by atoms with Crippen LogP contribution in [0.4, 0.5) is 8.78 Å². The topological polar surface area (TPSA) is 134 Å². The van der Waals surface area contributed by atoms with Gasteiger partial charge in [-0.2, -0.15) is 41.8 Å². The molecule has 2 amide bonds. The van der Waals surface area contributed by atoms with Gasteiger partial charge < -0.3 is 53.4 Å². The Morgan fingerprint density at radius 1 is 1.01 bits per heavy atom. The number of pyridine rings is 2. The van der Waals surface area contributed by atoms with Crippen LogP contribution in [0.25, 0.3) is 22.3 Å². The van der Waals surface area contributed by atoms with Crippen LogP contribution in [0.15, 0.2) is 77.9 Å². The number of hydroxylamine groups is 1. The first kappa shape index (κ1) is 62.5. The van der Waals surface area contributed by atoms with Crippen molar-refractivity contribution in [2.24, 2.45) is 13.0 Å². The van der Waals surface area contributed by atoms with Gasteiger partial charge in [-0.3, -0.25) is 19.1 Å². The van der Waals surface area contributed by atoms with E-state index < -0.39 is 5.82 Å². The Kier molecular flexibility index (Phi) is 25.1. The minimum Gasteiger partial charge on any atom is -0.518 e. The van der Waals surface area contributed by atoms with Gasteiger partial charge in [0.2, 0.25) is 0 Å². The summed E-state index contributed by atoms with van der Waals surface area (Å²) in [5.41, 5.74) is 8.62. The fraction of sp³-hybridized carbons (Fsp3) is 0.475. The van der Waals surface area contributed by atoms with Gasteiger partial charge in [0.15, 0.2) is 0 Å². The van der Waals surface area contributed by atoms with Crippen LogP contribution in [0.5, 0.6) is 0 Å². The molecule has 8 rings (SSSR count). The largest absolute Gasteiger partial charge is 1.00 e. The Bertz CT molecular complexity index is 2720. The number of carbonyl (C=O) groups is 2. The molecule has 402 valence electrons. The third-order valence-electron chi connectivity index (χ3n) is 14.1. The van der Waals surface area contributed by atoms with Gasteiger partial charge in [-0.1, -0.05) is 26.8 Å². The van der Waals surface area contributed by atoms with Crippen molar-refractivity contribution in [3.8, 4) is 5.69 Å². The molecule has 2 unspecified atom stereocenters. The maximum Gasteiger partial charge on any atom is 1.00 e. The second-order valence-corrected chi connectivity index (χ2v) is 19.8. The number of nitrogens with zero attached hydrogens (tertiary/aromatic N) is 6. The maximum atomic E-state index is 15.8. The van der Waals surface area contributed by atoms with Crippen molar-refractivity contribution in [1.29, 1.82) is 0 Å². The number of aromatic nitrogens is 3. The number of likely N-dealkylation sites (tertiary alicyclic amines) is 1. The van der Waals surface area contributed by atoms with Gasteiger partial charge in [0, 0.05) is 97.7 Å². The van der Waals surface area contributed by atoms with Crippen LogP contribution in [-0.4, -0.2) is 113 Å². The van der Waals surface area contributed by atoms with Crippen LogP contribution in [0.2, 0.25) is 0 Å². The fourth-order valence-corrected chi connectivity index (χ4v) is 9.87. The Morgan fingerprint density at radius 2 is 1.69 bits per heavy atom. The molecule has 0 spiro atoms. The molecular weight excluding hydrogens is 962 g/mol. The van der Waals surface area contributed by atoms with Crippen molar-refractivity contribution in [3.63, 3.8) is 0 Å². The molecule has 3 aliphatic rings. The number of aryl methyl sites for hydroxylation is 3. The normalized spacial score (nSPS) is 15.9. The Morgan fingerprint density at radius 3 is 2.25 bits per heavy atom. The molecule has 75 heavy (non-hydrogen) atoms. The maximum absolute atomic E-state index is 15.8. The van der Waals surface area contributed by atoms with Crippen LogP contribution in [0.1, 0.15) is 123 Å². The van der Waals surface area contributed by atoms with E-state index in [1.54, 1.807) is 19.2 Å². The van der Waals surface area contributed by atoms with E-state index in [4.69, 9.17) is 0 Å². The molecule has 2 fully saturated rings. The van der Waals surface area contributed by atoms with Crippen molar-refractivity contribution < 1.29 is 57.6 Å². The molecule has 1 aliphatic carbocycles. The quantitative estimate of drug-likeness (QED) is 0.0471. The average molecular weight is 1040 g/mol. The van der Waals surface area contributed by atoms with Gasteiger partial charge >= 0.3 is 29.6 Å². The predicted octanol–water partition coefficient (Wildman–Crippen LogP) is 6.39. The number of hydrogen-bond acceptors (Lipinski definition) is 9. The van der Waals surface area contributed by atoms with Crippen LogP contribution in [0, 0.1) is 51.3 Å². The van der Waals surface area contributed by atoms with E-state index in [2.05, 4.69) is 71.7 Å². The fourth-order valence-electron chi connectivity index (χ4n) is 9.87. The molecule has 0 radical (unpaired) electrons. The molecule has 2 aromatic carbocycles. The third kappa shape index (κ3) is 16.5. The molecule has 3 aromatic heterocycles. The molecular formula is C59H78F2N8NaO5-3. The standard InChI is InChI=1S/C40H50F2N6O2.C12H12O.C5H9NO2.C2H7N.Na/c1-6-16-45(17-7-2)25-29-11-18-47(19-12-29)40(50)31-22-27(3)38(34(42)23-31)30-13-20-46(21-14-30)28(4)36-24-33-35(10-15-43-39(33)44(36)5)48-26-32(41)8-9-37(48)49;1-9-4-3-5-11(8-9)12(6-7-12)10(2)13;1-3-5(2)8-6-4-7;1-3-2;/h8-10,13,15,22-24,26,28-29H,6-7,11-12,14,16-21,25H2,1-5H3;3-4,8H,2,6-7H2,1H3;5H,1,3H2,2H3,(H,6,7);3H,1-2H3;/q;2*-2;;+1. The van der Waals surface area contributed by atoms with Gasteiger partial charge in [0.05, 0.1) is 11.8 Å². The molecule has 1 saturated heterocycles. The van der Waals surface area contributed by atoms with E-state index in [-0.39, 0.29) is 70.2 Å². The van der Waals surface area contributed by atoms with E-state index in [9.17, 15) is 23.6 Å². The van der Waals surface area contributed by atoms with Crippen molar-refractivity contribution in [2.75, 3.05) is 59.9 Å². The number of hydrogen-bond donors (Lipinski definition) is 2. The summed E-state index contributed by atoms with van der Waals surface area (Å²) in [5, 5.41) is 3.51. The van der Waals surface area contributed by atoms with Gasteiger partial charge in [-0.05, 0) is 140 Å². The summed E-state index contributed by atoms with van der Waals surface area (Å²) < 4.78 is 33.2. The number of ketones is 1. The molecule has 2 N–H and O–H groups in total. The zero-order chi connectivity index (χ0) is 54.1. The molecule has 5 heterocycles. The monoisotopic (exact) mass is 1040 g/mol. The molecule has 0 bridgehead atoms. The Labute approximate surface area is 466 Å². The van der Waals surface area contributed by atoms with E-state index in [0.29, 0.717) is 60.9 Å². The first-order chi connectivity index (χ1) is 35.5. The number of rotatable bonds is 17. The second-order valence-electron chi connectivity index (χ2n) is 19.8. The van der Waals surface area contributed by atoms with Crippen LogP contribution >= 0.6 is 0 Å². The number of carbonyl (C=O) groups excluding carboxylic acids is 3. The van der Waals surface area contributed by atoms with E-state index in [1.807, 2.05) is 80.3 Å². The molecule has 5 aromatic rings. The number of amides is 2. The number of fused-ring (bicyclic) bond motifs is 1. The minimum atomic E-state index is -0.491. The Hall–Kier alpha value is -5.00. The second kappa shape index (κ2) is 30.1. The number of benzene rings is 2. The summed E-state index contributed by atoms with van der Waals surface area (Å²) >= 11 is 0. The summed E-state index contributed by atoms with van der Waals surface area (Å²) in [6.45, 7) is 25.5. The molecule has 13 nitrogen and oxygen atoms in total. The summed E-state index contributed by atoms with van der Waals surface area (Å²) in [4.78, 5) is 62.8. The smallest absolute Gasteiger partial charge is 0.518 e. The van der Waals surface area contributed by atoms with Crippen molar-refractivity contribution in [1.82, 2.24) is 39.6 Å². The predicted molar refractivity (Wildman–Crippen MR) is 291 cm³/mol. The molecule has 16 heteroatoms. The van der Waals surface area contributed by atoms with Gasteiger partial charge in [-0.25, -0.2) is 13.8 Å². The zero-order valence-corrected chi connectivity index (χ0v) is 48.2. The van der Waals surface area contributed by atoms with Gasteiger partial charge in [0.25, 0.3) is 11.5 Å². The number of piperidine rings is 1. The van der Waals surface area contributed by atoms with Gasteiger partial charge in [-0.15, -0.1) is 6.41 Å². The summed E-state index contributed by atoms with van der Waals surface area (Å²) in [6.07, 6.45) is 13.7. The summed E-state index contributed by atoms with van der Waals surface area (Å²) in [6, 6.07) is 18.5. The van der Waals surface area contributed by atoms with Crippen molar-refractivity contribution in [3.05, 3.63) is 148 Å². The zero-order valence-electron chi connectivity index (χ0n) is 46.2. The molecule has 2 atom stereocenters. The molecule has 1 saturated carbocycles. The summed E-state index contributed by atoms with van der Waals surface area (Å²) in [7, 11) is 5.70. The number of halogens is 2.